The van der Waals surface area contributed by atoms with Crippen LogP contribution < -0.4 is 0 Å². The predicted molar refractivity (Wildman–Crippen MR) is 110 cm³/mol. The first kappa shape index (κ1) is 20.7. The Bertz CT molecular complexity index is 778. The molecule has 0 aliphatic carbocycles. The van der Waals surface area contributed by atoms with Crippen LogP contribution in [0.3, 0.4) is 0 Å². The van der Waals surface area contributed by atoms with E-state index in [1.807, 2.05) is 11.2 Å². The van der Waals surface area contributed by atoms with Gasteiger partial charge in [-0.05, 0) is 62.0 Å². The summed E-state index contributed by atoms with van der Waals surface area (Å²) in [6, 6.07) is 5.03. The standard InChI is InChI=1S/C20H30N2O3S2/c1-15-6-10-21(11-7-15)20(23)18-14-17(4-5-19(18)26-3)27(24,25)22-12-8-16(2)9-13-22/h4-5,14-16H,6-13H2,1-3H3. The monoisotopic (exact) mass is 410 g/mol. The average molecular weight is 411 g/mol. The topological polar surface area (TPSA) is 57.7 Å². The van der Waals surface area contributed by atoms with Gasteiger partial charge in [-0.15, -0.1) is 11.8 Å². The third-order valence-corrected chi connectivity index (χ3v) is 8.54. The smallest absolute Gasteiger partial charge is 0.255 e. The largest absolute Gasteiger partial charge is 0.339 e. The minimum atomic E-state index is -3.55. The summed E-state index contributed by atoms with van der Waals surface area (Å²) in [6.45, 7) is 6.97. The third kappa shape index (κ3) is 4.51. The lowest BCUT2D eigenvalue weighted by atomic mass is 9.98. The quantitative estimate of drug-likeness (QED) is 0.710. The molecule has 1 aromatic carbocycles. The van der Waals surface area contributed by atoms with Crippen molar-refractivity contribution in [2.75, 3.05) is 32.4 Å². The number of amides is 1. The molecule has 0 bridgehead atoms. The molecule has 2 aliphatic rings. The first-order chi connectivity index (χ1) is 12.8. The molecule has 27 heavy (non-hydrogen) atoms. The number of piperidine rings is 2. The molecule has 3 rings (SSSR count). The van der Waals surface area contributed by atoms with Gasteiger partial charge < -0.3 is 4.90 Å². The number of nitrogens with zero attached hydrogens (tertiary/aromatic N) is 2. The van der Waals surface area contributed by atoms with Crippen LogP contribution in [0.2, 0.25) is 0 Å². The van der Waals surface area contributed by atoms with Crippen molar-refractivity contribution < 1.29 is 13.2 Å². The maximum atomic E-state index is 13.1. The van der Waals surface area contributed by atoms with Crippen LogP contribution in [0, 0.1) is 11.8 Å². The van der Waals surface area contributed by atoms with Crippen LogP contribution in [0.1, 0.15) is 49.9 Å². The molecule has 0 aromatic heterocycles. The van der Waals surface area contributed by atoms with Gasteiger partial charge in [-0.3, -0.25) is 4.79 Å². The summed E-state index contributed by atoms with van der Waals surface area (Å²) in [5, 5.41) is 0. The van der Waals surface area contributed by atoms with Gasteiger partial charge >= 0.3 is 0 Å². The third-order valence-electron chi connectivity index (χ3n) is 5.85. The Morgan fingerprint density at radius 1 is 1.00 bits per heavy atom. The molecule has 5 nitrogen and oxygen atoms in total. The molecule has 1 amide bonds. The second kappa shape index (κ2) is 8.53. The molecule has 0 N–H and O–H groups in total. The second-order valence-electron chi connectivity index (χ2n) is 7.92. The Morgan fingerprint density at radius 3 is 2.11 bits per heavy atom. The molecule has 0 spiro atoms. The minimum absolute atomic E-state index is 0.0458. The van der Waals surface area contributed by atoms with Gasteiger partial charge in [0.2, 0.25) is 10.0 Å². The second-order valence-corrected chi connectivity index (χ2v) is 10.7. The average Bonchev–Trinajstić information content (AvgIpc) is 2.68. The summed E-state index contributed by atoms with van der Waals surface area (Å²) in [5.74, 6) is 1.16. The Labute approximate surface area is 167 Å². The van der Waals surface area contributed by atoms with Crippen molar-refractivity contribution in [2.24, 2.45) is 11.8 Å². The highest BCUT2D eigenvalue weighted by molar-refractivity contribution is 7.98. The number of carbonyl (C=O) groups is 1. The molecule has 0 radical (unpaired) electrons. The van der Waals surface area contributed by atoms with E-state index < -0.39 is 10.0 Å². The molecule has 0 atom stereocenters. The van der Waals surface area contributed by atoms with Gasteiger partial charge in [0.1, 0.15) is 0 Å². The van der Waals surface area contributed by atoms with Crippen LogP contribution in [0.5, 0.6) is 0 Å². The van der Waals surface area contributed by atoms with E-state index >= 15 is 0 Å². The lowest BCUT2D eigenvalue weighted by Crippen LogP contribution is -2.39. The fourth-order valence-corrected chi connectivity index (χ4v) is 5.84. The van der Waals surface area contributed by atoms with Gasteiger partial charge in [0.25, 0.3) is 5.91 Å². The van der Waals surface area contributed by atoms with E-state index in [0.29, 0.717) is 30.5 Å². The van der Waals surface area contributed by atoms with Crippen LogP contribution in [0.25, 0.3) is 0 Å². The number of rotatable bonds is 4. The van der Waals surface area contributed by atoms with E-state index in [2.05, 4.69) is 13.8 Å². The highest BCUT2D eigenvalue weighted by Crippen LogP contribution is 2.29. The normalized spacial score (nSPS) is 20.8. The zero-order chi connectivity index (χ0) is 19.6. The molecule has 0 saturated carbocycles. The molecule has 2 saturated heterocycles. The van der Waals surface area contributed by atoms with Crippen molar-refractivity contribution in [1.82, 2.24) is 9.21 Å². The van der Waals surface area contributed by atoms with E-state index in [-0.39, 0.29) is 10.8 Å². The zero-order valence-electron chi connectivity index (χ0n) is 16.5. The van der Waals surface area contributed by atoms with E-state index in [4.69, 9.17) is 0 Å². The maximum absolute atomic E-state index is 13.1. The summed E-state index contributed by atoms with van der Waals surface area (Å²) in [4.78, 5) is 16.0. The minimum Gasteiger partial charge on any atom is -0.339 e. The van der Waals surface area contributed by atoms with Crippen LogP contribution in [-0.2, 0) is 10.0 Å². The Kier molecular flexibility index (Phi) is 6.54. The van der Waals surface area contributed by atoms with Crippen LogP contribution in [-0.4, -0.2) is 56.0 Å². The van der Waals surface area contributed by atoms with Crippen molar-refractivity contribution in [3.05, 3.63) is 23.8 Å². The van der Waals surface area contributed by atoms with E-state index in [1.54, 1.807) is 22.5 Å². The Morgan fingerprint density at radius 2 is 1.56 bits per heavy atom. The number of thioether (sulfide) groups is 1. The van der Waals surface area contributed by atoms with Gasteiger partial charge in [0.05, 0.1) is 10.5 Å². The van der Waals surface area contributed by atoms with Gasteiger partial charge in [-0.25, -0.2) is 8.42 Å². The lowest BCUT2D eigenvalue weighted by Gasteiger charge is -2.31. The van der Waals surface area contributed by atoms with Crippen molar-refractivity contribution in [3.63, 3.8) is 0 Å². The fourth-order valence-electron chi connectivity index (χ4n) is 3.77. The van der Waals surface area contributed by atoms with Crippen LogP contribution in [0.15, 0.2) is 28.0 Å². The van der Waals surface area contributed by atoms with Gasteiger partial charge in [-0.1, -0.05) is 13.8 Å². The highest BCUT2D eigenvalue weighted by atomic mass is 32.2. The molecular formula is C20H30N2O3S2. The van der Waals surface area contributed by atoms with Crippen LogP contribution >= 0.6 is 11.8 Å². The number of hydrogen-bond donors (Lipinski definition) is 0. The summed E-state index contributed by atoms with van der Waals surface area (Å²) >= 11 is 1.49. The number of sulfonamides is 1. The molecular weight excluding hydrogens is 380 g/mol. The van der Waals surface area contributed by atoms with Gasteiger partial charge in [0.15, 0.2) is 0 Å². The van der Waals surface area contributed by atoms with E-state index in [9.17, 15) is 13.2 Å². The highest BCUT2D eigenvalue weighted by Gasteiger charge is 2.30. The molecule has 2 heterocycles. The summed E-state index contributed by atoms with van der Waals surface area (Å²) in [7, 11) is -3.55. The molecule has 0 unspecified atom stereocenters. The molecule has 2 fully saturated rings. The summed E-state index contributed by atoms with van der Waals surface area (Å²) < 4.78 is 27.7. The molecule has 1 aromatic rings. The molecule has 2 aliphatic heterocycles. The fraction of sp³-hybridized carbons (Fsp3) is 0.650. The number of likely N-dealkylation sites (tertiary alicyclic amines) is 1. The number of benzene rings is 1. The lowest BCUT2D eigenvalue weighted by molar-refractivity contribution is 0.0693. The number of hydrogen-bond acceptors (Lipinski definition) is 4. The van der Waals surface area contributed by atoms with E-state index in [1.165, 1.54) is 11.8 Å². The maximum Gasteiger partial charge on any atom is 0.255 e. The molecule has 7 heteroatoms. The van der Waals surface area contributed by atoms with E-state index in [0.717, 1.165) is 43.7 Å². The van der Waals surface area contributed by atoms with Crippen LogP contribution in [0.4, 0.5) is 0 Å². The first-order valence-corrected chi connectivity index (χ1v) is 12.5. The van der Waals surface area contributed by atoms with Crippen molar-refractivity contribution in [2.45, 2.75) is 49.3 Å². The van der Waals surface area contributed by atoms with Crippen molar-refractivity contribution >= 4 is 27.7 Å². The first-order valence-electron chi connectivity index (χ1n) is 9.80. The van der Waals surface area contributed by atoms with Gasteiger partial charge in [-0.2, -0.15) is 4.31 Å². The molecule has 150 valence electrons. The SMILES string of the molecule is CSc1ccc(S(=O)(=O)N2CCC(C)CC2)cc1C(=O)N1CCC(C)CC1. The van der Waals surface area contributed by atoms with Gasteiger partial charge in [0, 0.05) is 31.1 Å². The summed E-state index contributed by atoms with van der Waals surface area (Å²) in [5.41, 5.74) is 0.517. The summed E-state index contributed by atoms with van der Waals surface area (Å²) in [6.07, 6.45) is 5.71. The number of carbonyl (C=O) groups excluding carboxylic acids is 1. The Hall–Kier alpha value is -1.05. The predicted octanol–water partition coefficient (Wildman–Crippen LogP) is 3.70. The zero-order valence-corrected chi connectivity index (χ0v) is 18.1. The Balaban J connectivity index is 1.88. The van der Waals surface area contributed by atoms with Crippen molar-refractivity contribution in [1.29, 1.82) is 0 Å². The van der Waals surface area contributed by atoms with Crippen molar-refractivity contribution in [3.8, 4) is 0 Å².